The third-order valence-electron chi connectivity index (χ3n) is 2.56. The van der Waals surface area contributed by atoms with Gasteiger partial charge in [-0.2, -0.15) is 0 Å². The van der Waals surface area contributed by atoms with E-state index in [4.69, 9.17) is 0 Å². The fourth-order valence-electron chi connectivity index (χ4n) is 2.07. The molecule has 7 heteroatoms. The minimum absolute atomic E-state index is 0. The molecular weight excluding hydrogens is 231 g/mol. The summed E-state index contributed by atoms with van der Waals surface area (Å²) in [6.07, 6.45) is 1.24. The van der Waals surface area contributed by atoms with E-state index in [1.165, 1.54) is 4.90 Å². The predicted molar refractivity (Wildman–Crippen MR) is 52.2 cm³/mol. The molecule has 0 aromatic carbocycles. The van der Waals surface area contributed by atoms with Crippen molar-refractivity contribution in [2.24, 2.45) is 5.92 Å². The first-order valence-corrected chi connectivity index (χ1v) is 5.09. The summed E-state index contributed by atoms with van der Waals surface area (Å²) in [5.74, 6) is 0.381. The van der Waals surface area contributed by atoms with Crippen LogP contribution in [0.5, 0.6) is 0 Å². The molecule has 15 heavy (non-hydrogen) atoms. The van der Waals surface area contributed by atoms with Crippen molar-refractivity contribution in [2.75, 3.05) is 33.1 Å². The molecule has 2 nitrogen and oxygen atoms in total. The van der Waals surface area contributed by atoms with Gasteiger partial charge in [0.1, 0.15) is 0 Å². The van der Waals surface area contributed by atoms with Crippen LogP contribution < -0.4 is 56.7 Å². The molecule has 0 aromatic rings. The normalized spacial score (nSPS) is 23.6. The van der Waals surface area contributed by atoms with Gasteiger partial charge in [0.2, 0.25) is 0 Å². The molecule has 1 N–H and O–H groups in total. The summed E-state index contributed by atoms with van der Waals surface area (Å²) in [6.45, 7) is -2.65. The topological polar surface area (TPSA) is 15.3 Å². The first kappa shape index (κ1) is 16.4. The Labute approximate surface area is 132 Å². The molecule has 0 aromatic heterocycles. The number of halogens is 3. The van der Waals surface area contributed by atoms with Gasteiger partial charge in [0.05, 0.1) is 0 Å². The first-order valence-electron chi connectivity index (χ1n) is 5.09. The molecule has 84 valence electrons. The van der Waals surface area contributed by atoms with E-state index in [9.17, 15) is 12.9 Å². The quantitative estimate of drug-likeness (QED) is 0.597. The van der Waals surface area contributed by atoms with Crippen molar-refractivity contribution >= 4 is 6.98 Å². The van der Waals surface area contributed by atoms with Gasteiger partial charge in [-0.15, -0.1) is 0 Å². The third kappa shape index (κ3) is 7.36. The SMILES string of the molecule is CNCC1CCCN(C[B-](F)(F)F)C1.[K+]. The van der Waals surface area contributed by atoms with Gasteiger partial charge < -0.3 is 23.2 Å². The van der Waals surface area contributed by atoms with Crippen LogP contribution in [0.15, 0.2) is 0 Å². The van der Waals surface area contributed by atoms with Crippen LogP contribution in [0.1, 0.15) is 12.8 Å². The zero-order valence-corrected chi connectivity index (χ0v) is 12.6. The minimum Gasteiger partial charge on any atom is -0.448 e. The van der Waals surface area contributed by atoms with Gasteiger partial charge in [-0.1, -0.05) is 0 Å². The fraction of sp³-hybridized carbons (Fsp3) is 1.00. The van der Waals surface area contributed by atoms with Crippen molar-refractivity contribution in [3.8, 4) is 0 Å². The Bertz CT molecular complexity index is 178. The molecule has 1 saturated heterocycles. The van der Waals surface area contributed by atoms with Gasteiger partial charge in [0.25, 0.3) is 0 Å². The molecule has 1 atom stereocenters. The van der Waals surface area contributed by atoms with Crippen molar-refractivity contribution in [3.63, 3.8) is 0 Å². The molecule has 1 fully saturated rings. The van der Waals surface area contributed by atoms with E-state index >= 15 is 0 Å². The van der Waals surface area contributed by atoms with Crippen molar-refractivity contribution in [1.82, 2.24) is 10.2 Å². The van der Waals surface area contributed by atoms with Crippen molar-refractivity contribution in [3.05, 3.63) is 0 Å². The smallest absolute Gasteiger partial charge is 0.448 e. The molecule has 0 aliphatic carbocycles. The second-order valence-corrected chi connectivity index (χ2v) is 4.04. The number of hydrogen-bond donors (Lipinski definition) is 1. The number of rotatable bonds is 4. The first-order chi connectivity index (χ1) is 6.51. The van der Waals surface area contributed by atoms with Gasteiger partial charge >= 0.3 is 58.4 Å². The Kier molecular flexibility index (Phi) is 8.41. The van der Waals surface area contributed by atoms with E-state index in [0.717, 1.165) is 19.4 Å². The van der Waals surface area contributed by atoms with Crippen LogP contribution in [0.2, 0.25) is 0 Å². The van der Waals surface area contributed by atoms with E-state index in [0.29, 0.717) is 19.0 Å². The van der Waals surface area contributed by atoms with E-state index in [1.54, 1.807) is 0 Å². The number of likely N-dealkylation sites (tertiary alicyclic amines) is 1. The Morgan fingerprint density at radius 3 is 2.60 bits per heavy atom. The van der Waals surface area contributed by atoms with E-state index in [1.807, 2.05) is 7.05 Å². The van der Waals surface area contributed by atoms with Crippen LogP contribution in [0.25, 0.3) is 0 Å². The maximum absolute atomic E-state index is 12.2. The van der Waals surface area contributed by atoms with Crippen molar-refractivity contribution < 1.29 is 64.3 Å². The largest absolute Gasteiger partial charge is 1.00 e. The molecule has 1 unspecified atom stereocenters. The summed E-state index contributed by atoms with van der Waals surface area (Å²) in [6, 6.07) is 0. The summed E-state index contributed by atoms with van der Waals surface area (Å²) in [5.41, 5.74) is 0. The van der Waals surface area contributed by atoms with Gasteiger partial charge in [0, 0.05) is 0 Å². The fourth-order valence-corrected chi connectivity index (χ4v) is 2.07. The molecular formula is C8H17BF3KN2. The minimum atomic E-state index is -4.66. The van der Waals surface area contributed by atoms with Gasteiger partial charge in [-0.05, 0) is 51.9 Å². The maximum atomic E-state index is 12.2. The zero-order chi connectivity index (χ0) is 10.6. The standard InChI is InChI=1S/C8H17BF3N2.K/c1-13-5-8-3-2-4-14(6-8)7-9(10,11)12;/h8,13H,2-7H2,1H3;/q-1;+1. The second-order valence-electron chi connectivity index (χ2n) is 4.04. The van der Waals surface area contributed by atoms with Crippen LogP contribution >= 0.6 is 0 Å². The van der Waals surface area contributed by atoms with Crippen molar-refractivity contribution in [2.45, 2.75) is 12.8 Å². The van der Waals surface area contributed by atoms with Gasteiger partial charge in [0.15, 0.2) is 0 Å². The molecule has 0 bridgehead atoms. The number of nitrogens with zero attached hydrogens (tertiary/aromatic N) is 1. The molecule has 1 rings (SSSR count). The van der Waals surface area contributed by atoms with Crippen LogP contribution in [0, 0.1) is 5.92 Å². The molecule has 0 amide bonds. The summed E-state index contributed by atoms with van der Waals surface area (Å²) in [7, 11) is 1.84. The van der Waals surface area contributed by atoms with Gasteiger partial charge in [-0.3, -0.25) is 0 Å². The van der Waals surface area contributed by atoms with Crippen LogP contribution in [-0.2, 0) is 0 Å². The van der Waals surface area contributed by atoms with Crippen LogP contribution in [0.3, 0.4) is 0 Å². The molecule has 1 heterocycles. The molecule has 0 spiro atoms. The zero-order valence-electron chi connectivity index (χ0n) is 9.48. The summed E-state index contributed by atoms with van der Waals surface area (Å²) in [4.78, 5) is 1.53. The van der Waals surface area contributed by atoms with E-state index in [-0.39, 0.29) is 51.4 Å². The van der Waals surface area contributed by atoms with E-state index < -0.39 is 13.4 Å². The molecule has 0 saturated carbocycles. The van der Waals surface area contributed by atoms with Crippen LogP contribution in [-0.4, -0.2) is 45.0 Å². The van der Waals surface area contributed by atoms with Crippen molar-refractivity contribution in [1.29, 1.82) is 0 Å². The molecule has 1 aliphatic rings. The van der Waals surface area contributed by atoms with E-state index in [2.05, 4.69) is 5.32 Å². The Balaban J connectivity index is 0.00000196. The Morgan fingerprint density at radius 2 is 2.07 bits per heavy atom. The summed E-state index contributed by atoms with van der Waals surface area (Å²) < 4.78 is 36.5. The monoisotopic (exact) mass is 248 g/mol. The Morgan fingerprint density at radius 1 is 1.40 bits per heavy atom. The van der Waals surface area contributed by atoms with Crippen LogP contribution in [0.4, 0.5) is 12.9 Å². The van der Waals surface area contributed by atoms with Gasteiger partial charge in [-0.25, -0.2) is 0 Å². The average molecular weight is 248 g/mol. The number of piperidine rings is 1. The average Bonchev–Trinajstić information content (AvgIpc) is 2.02. The number of nitrogens with one attached hydrogen (secondary N) is 1. The number of hydrogen-bond acceptors (Lipinski definition) is 2. The second kappa shape index (κ2) is 7.68. The summed E-state index contributed by atoms with van der Waals surface area (Å²) in [5, 5.41) is 3.02. The predicted octanol–water partition coefficient (Wildman–Crippen LogP) is -1.69. The molecule has 1 aliphatic heterocycles. The Hall–Kier alpha value is 1.41. The third-order valence-corrected chi connectivity index (χ3v) is 2.56. The summed E-state index contributed by atoms with van der Waals surface area (Å²) >= 11 is 0. The maximum Gasteiger partial charge on any atom is 1.00 e. The molecule has 0 radical (unpaired) electrons.